The van der Waals surface area contributed by atoms with Gasteiger partial charge in [0, 0.05) is 42.2 Å². The third-order valence-corrected chi connectivity index (χ3v) is 9.16. The van der Waals surface area contributed by atoms with Gasteiger partial charge < -0.3 is 29.0 Å². The van der Waals surface area contributed by atoms with Gasteiger partial charge in [-0.1, -0.05) is 26.7 Å². The number of carbonyl (C=O) groups excluding carboxylic acids is 1. The SMILES string of the molecule is CCCC(CCC)N(C(=O)CN1C[C@H](c2cc(CO)c3c(c2)OCO3)[C@@H](C(=O)O)[C@@H]1CCc1ncc(C)o1)c1ccc(F)c(C)c1. The number of carbonyl (C=O) groups is 2. The summed E-state index contributed by atoms with van der Waals surface area (Å²) in [4.78, 5) is 35.5. The summed E-state index contributed by atoms with van der Waals surface area (Å²) in [7, 11) is 0. The monoisotopic (exact) mass is 637 g/mol. The molecule has 1 saturated heterocycles. The fourth-order valence-corrected chi connectivity index (χ4v) is 7.07. The molecule has 2 aromatic carbocycles. The number of halogens is 1. The second-order valence-electron chi connectivity index (χ2n) is 12.4. The summed E-state index contributed by atoms with van der Waals surface area (Å²) >= 11 is 0. The van der Waals surface area contributed by atoms with Crippen LogP contribution < -0.4 is 14.4 Å². The molecule has 10 nitrogen and oxygen atoms in total. The smallest absolute Gasteiger partial charge is 0.308 e. The molecule has 3 heterocycles. The normalized spacial score (nSPS) is 19.2. The van der Waals surface area contributed by atoms with Crippen molar-refractivity contribution in [1.29, 1.82) is 0 Å². The van der Waals surface area contributed by atoms with Gasteiger partial charge >= 0.3 is 5.97 Å². The molecule has 2 aliphatic rings. The number of aromatic nitrogens is 1. The van der Waals surface area contributed by atoms with E-state index in [-0.39, 0.29) is 37.7 Å². The minimum absolute atomic E-state index is 0.0205. The number of likely N-dealkylation sites (tertiary alicyclic amines) is 1. The van der Waals surface area contributed by atoms with Gasteiger partial charge in [-0.25, -0.2) is 9.37 Å². The summed E-state index contributed by atoms with van der Waals surface area (Å²) in [5, 5.41) is 20.7. The van der Waals surface area contributed by atoms with Crippen LogP contribution in [0, 0.1) is 25.6 Å². The van der Waals surface area contributed by atoms with Crippen LogP contribution in [0.3, 0.4) is 0 Å². The van der Waals surface area contributed by atoms with Gasteiger partial charge in [0.1, 0.15) is 11.6 Å². The maximum absolute atomic E-state index is 14.4. The van der Waals surface area contributed by atoms with Gasteiger partial charge in [0.25, 0.3) is 0 Å². The third kappa shape index (κ3) is 7.05. The number of oxazole rings is 1. The number of aryl methyl sites for hydroxylation is 3. The van der Waals surface area contributed by atoms with E-state index in [0.717, 1.165) is 25.7 Å². The molecule has 0 saturated carbocycles. The molecule has 1 aromatic heterocycles. The Labute approximate surface area is 269 Å². The molecule has 46 heavy (non-hydrogen) atoms. The third-order valence-electron chi connectivity index (χ3n) is 9.16. The number of hydrogen-bond donors (Lipinski definition) is 2. The second kappa shape index (κ2) is 14.6. The first kappa shape index (κ1) is 33.4. The zero-order valence-electron chi connectivity index (χ0n) is 27.0. The zero-order valence-corrected chi connectivity index (χ0v) is 27.0. The van der Waals surface area contributed by atoms with Gasteiger partial charge in [-0.15, -0.1) is 0 Å². The summed E-state index contributed by atoms with van der Waals surface area (Å²) in [6.45, 7) is 7.66. The largest absolute Gasteiger partial charge is 0.481 e. The number of benzene rings is 2. The van der Waals surface area contributed by atoms with E-state index in [1.54, 1.807) is 49.2 Å². The lowest BCUT2D eigenvalue weighted by Crippen LogP contribution is -2.48. The van der Waals surface area contributed by atoms with Crippen LogP contribution in [0.5, 0.6) is 11.5 Å². The fourth-order valence-electron chi connectivity index (χ4n) is 7.07. The molecule has 0 spiro atoms. The van der Waals surface area contributed by atoms with Crippen molar-refractivity contribution in [3.8, 4) is 11.5 Å². The van der Waals surface area contributed by atoms with Crippen molar-refractivity contribution in [2.24, 2.45) is 5.92 Å². The van der Waals surface area contributed by atoms with Crippen molar-refractivity contribution in [3.63, 3.8) is 0 Å². The highest BCUT2D eigenvalue weighted by molar-refractivity contribution is 5.95. The van der Waals surface area contributed by atoms with E-state index in [0.29, 0.717) is 64.9 Å². The number of aliphatic hydroxyl groups is 1. The predicted octanol–water partition coefficient (Wildman–Crippen LogP) is 5.75. The van der Waals surface area contributed by atoms with Gasteiger partial charge in [0.05, 0.1) is 25.3 Å². The Hall–Kier alpha value is -3.96. The van der Waals surface area contributed by atoms with Crippen molar-refractivity contribution < 1.29 is 38.1 Å². The van der Waals surface area contributed by atoms with Crippen LogP contribution in [0.4, 0.5) is 10.1 Å². The quantitative estimate of drug-likeness (QED) is 0.227. The molecule has 11 heteroatoms. The van der Waals surface area contributed by atoms with Crippen LogP contribution >= 0.6 is 0 Å². The van der Waals surface area contributed by atoms with Crippen molar-refractivity contribution >= 4 is 17.6 Å². The molecule has 0 radical (unpaired) electrons. The van der Waals surface area contributed by atoms with Crippen LogP contribution in [-0.2, 0) is 22.6 Å². The first-order valence-electron chi connectivity index (χ1n) is 16.1. The van der Waals surface area contributed by atoms with Crippen LogP contribution in [0.2, 0.25) is 0 Å². The maximum Gasteiger partial charge on any atom is 0.308 e. The Morgan fingerprint density at radius 1 is 1.13 bits per heavy atom. The molecule has 1 fully saturated rings. The van der Waals surface area contributed by atoms with Crippen molar-refractivity contribution in [2.45, 2.75) is 90.8 Å². The highest BCUT2D eigenvalue weighted by atomic mass is 19.1. The summed E-state index contributed by atoms with van der Waals surface area (Å²) in [5.41, 5.74) is 2.32. The Bertz CT molecular complexity index is 1540. The molecule has 1 amide bonds. The number of anilines is 1. The van der Waals surface area contributed by atoms with E-state index in [9.17, 15) is 24.2 Å². The van der Waals surface area contributed by atoms with Crippen LogP contribution in [0.1, 0.15) is 80.2 Å². The van der Waals surface area contributed by atoms with Crippen LogP contribution in [0.25, 0.3) is 0 Å². The minimum atomic E-state index is -0.974. The van der Waals surface area contributed by atoms with Gasteiger partial charge in [0.15, 0.2) is 17.4 Å². The van der Waals surface area contributed by atoms with Gasteiger partial charge in [-0.2, -0.15) is 0 Å². The molecule has 0 aliphatic carbocycles. The summed E-state index contributed by atoms with van der Waals surface area (Å²) in [6.07, 6.45) is 5.75. The predicted molar refractivity (Wildman–Crippen MR) is 170 cm³/mol. The molecule has 0 bridgehead atoms. The Kier molecular flexibility index (Phi) is 10.6. The van der Waals surface area contributed by atoms with E-state index in [1.165, 1.54) is 6.07 Å². The average Bonchev–Trinajstić information content (AvgIpc) is 3.76. The number of carboxylic acids is 1. The lowest BCUT2D eigenvalue weighted by molar-refractivity contribution is -0.143. The molecule has 2 N–H and O–H groups in total. The van der Waals surface area contributed by atoms with Crippen molar-refractivity contribution in [2.75, 3.05) is 24.8 Å². The average molecular weight is 638 g/mol. The number of fused-ring (bicyclic) bond motifs is 1. The van der Waals surface area contributed by atoms with E-state index in [2.05, 4.69) is 18.8 Å². The number of ether oxygens (including phenoxy) is 2. The fraction of sp³-hybridized carbons (Fsp3) is 0.514. The number of aliphatic hydroxyl groups excluding tert-OH is 1. The highest BCUT2D eigenvalue weighted by Gasteiger charge is 2.48. The minimum Gasteiger partial charge on any atom is -0.481 e. The lowest BCUT2D eigenvalue weighted by Gasteiger charge is -2.35. The standard InChI is InChI=1S/C35H44FN3O7/c1-5-7-25(8-6-2)39(26-9-10-28(36)21(3)13-26)32(41)18-38-17-27(23-14-24(19-40)34-30(15-23)44-20-45-34)33(35(42)43)29(38)11-12-31-37-16-22(4)46-31/h9-10,13-16,25,27,29,33,40H,5-8,11-12,17-20H2,1-4H3,(H,42,43)/t27-,29+,33-/m1/s1. The Morgan fingerprint density at radius 3 is 2.52 bits per heavy atom. The first-order valence-corrected chi connectivity index (χ1v) is 16.1. The van der Waals surface area contributed by atoms with E-state index in [4.69, 9.17) is 13.9 Å². The summed E-state index contributed by atoms with van der Waals surface area (Å²) in [5.74, 6) is -0.729. The topological polar surface area (TPSA) is 126 Å². The number of rotatable bonds is 14. The molecule has 0 unspecified atom stereocenters. The number of nitrogens with zero attached hydrogens (tertiary/aromatic N) is 3. The van der Waals surface area contributed by atoms with Crippen molar-refractivity contribution in [1.82, 2.24) is 9.88 Å². The molecule has 5 rings (SSSR count). The summed E-state index contributed by atoms with van der Waals surface area (Å²) < 4.78 is 31.2. The molecule has 3 aromatic rings. The lowest BCUT2D eigenvalue weighted by atomic mass is 9.83. The molecular formula is C35H44FN3O7. The number of hydrogen-bond acceptors (Lipinski definition) is 8. The van der Waals surface area contributed by atoms with E-state index < -0.39 is 23.8 Å². The van der Waals surface area contributed by atoms with Crippen molar-refractivity contribution in [3.05, 3.63) is 70.7 Å². The van der Waals surface area contributed by atoms with Crippen LogP contribution in [-0.4, -0.2) is 63.9 Å². The molecule has 2 aliphatic heterocycles. The molecule has 248 valence electrons. The van der Waals surface area contributed by atoms with Gasteiger partial charge in [-0.05, 0) is 74.6 Å². The number of carboxylic acid groups (broad SMARTS) is 1. The van der Waals surface area contributed by atoms with Crippen LogP contribution in [0.15, 0.2) is 40.9 Å². The van der Waals surface area contributed by atoms with E-state index in [1.807, 2.05) is 4.90 Å². The highest BCUT2D eigenvalue weighted by Crippen LogP contribution is 2.45. The number of aliphatic carboxylic acids is 1. The van der Waals surface area contributed by atoms with E-state index >= 15 is 0 Å². The Balaban J connectivity index is 1.51. The molecule has 3 atom stereocenters. The number of amides is 1. The zero-order chi connectivity index (χ0) is 33.0. The second-order valence-corrected chi connectivity index (χ2v) is 12.4. The van der Waals surface area contributed by atoms with Gasteiger partial charge in [-0.3, -0.25) is 14.5 Å². The van der Waals surface area contributed by atoms with Gasteiger partial charge in [0.2, 0.25) is 12.7 Å². The molecular weight excluding hydrogens is 593 g/mol. The Morgan fingerprint density at radius 2 is 1.89 bits per heavy atom. The maximum atomic E-state index is 14.4. The summed E-state index contributed by atoms with van der Waals surface area (Å²) in [6, 6.07) is 7.71. The first-order chi connectivity index (χ1) is 22.1.